The lowest BCUT2D eigenvalue weighted by molar-refractivity contribution is -0.137. The minimum Gasteiger partial charge on any atom is -0.370 e. The summed E-state index contributed by atoms with van der Waals surface area (Å²) in [5, 5.41) is 7.10. The molecule has 0 spiro atoms. The van der Waals surface area contributed by atoms with Gasteiger partial charge in [0.2, 0.25) is 0 Å². The number of nitrogens with two attached hydrogens (primary N) is 1. The lowest BCUT2D eigenvalue weighted by Crippen LogP contribution is -2.32. The molecule has 0 saturated heterocycles. The van der Waals surface area contributed by atoms with Gasteiger partial charge < -0.3 is 10.6 Å². The Morgan fingerprint density at radius 3 is 2.07 bits per heavy atom. The molecule has 3 N–H and O–H groups in total. The van der Waals surface area contributed by atoms with Crippen LogP contribution in [-0.4, -0.2) is 13.0 Å². The molecule has 0 aliphatic carbocycles. The van der Waals surface area contributed by atoms with Gasteiger partial charge in [0.25, 0.3) is 0 Å². The number of nitrogens with zero attached hydrogens (tertiary/aromatic N) is 1. The van der Waals surface area contributed by atoms with Gasteiger partial charge in [-0.25, -0.2) is 0 Å². The fourth-order valence-corrected chi connectivity index (χ4v) is 1.01. The van der Waals surface area contributed by atoms with E-state index in [4.69, 9.17) is 11.1 Å². The molecular formula is C9H10F3N3. The predicted molar refractivity (Wildman–Crippen MR) is 51.8 cm³/mol. The summed E-state index contributed by atoms with van der Waals surface area (Å²) in [6.07, 6.45) is -4.34. The van der Waals surface area contributed by atoms with Crippen molar-refractivity contribution in [2.45, 2.75) is 6.18 Å². The van der Waals surface area contributed by atoms with Crippen LogP contribution in [0.25, 0.3) is 0 Å². The van der Waals surface area contributed by atoms with E-state index < -0.39 is 11.7 Å². The van der Waals surface area contributed by atoms with Crippen molar-refractivity contribution in [2.24, 2.45) is 5.73 Å². The molecule has 0 radical (unpaired) electrons. The number of anilines is 1. The molecule has 0 aliphatic rings. The predicted octanol–water partition coefficient (Wildman–Crippen LogP) is 2.04. The molecule has 15 heavy (non-hydrogen) atoms. The van der Waals surface area contributed by atoms with E-state index in [1.807, 2.05) is 0 Å². The Hall–Kier alpha value is -1.72. The zero-order chi connectivity index (χ0) is 11.6. The summed E-state index contributed by atoms with van der Waals surface area (Å²) in [5.74, 6) is -0.227. The molecule has 0 bridgehead atoms. The van der Waals surface area contributed by atoms with E-state index in [0.29, 0.717) is 5.69 Å². The Morgan fingerprint density at radius 2 is 1.73 bits per heavy atom. The fraction of sp³-hybridized carbons (Fsp3) is 0.222. The highest BCUT2D eigenvalue weighted by Gasteiger charge is 2.30. The maximum Gasteiger partial charge on any atom is 0.416 e. The van der Waals surface area contributed by atoms with Crippen molar-refractivity contribution in [1.29, 1.82) is 5.41 Å². The molecule has 0 fully saturated rings. The topological polar surface area (TPSA) is 53.1 Å². The van der Waals surface area contributed by atoms with Gasteiger partial charge in [-0.1, -0.05) is 0 Å². The van der Waals surface area contributed by atoms with Crippen molar-refractivity contribution in [3.63, 3.8) is 0 Å². The first-order valence-corrected chi connectivity index (χ1v) is 4.07. The molecular weight excluding hydrogens is 207 g/mol. The van der Waals surface area contributed by atoms with Gasteiger partial charge in [0, 0.05) is 12.7 Å². The average Bonchev–Trinajstić information content (AvgIpc) is 2.15. The van der Waals surface area contributed by atoms with E-state index >= 15 is 0 Å². The average molecular weight is 217 g/mol. The summed E-state index contributed by atoms with van der Waals surface area (Å²) in [5.41, 5.74) is 4.90. The third-order valence-corrected chi connectivity index (χ3v) is 1.94. The quantitative estimate of drug-likeness (QED) is 0.558. The molecule has 0 aliphatic heterocycles. The van der Waals surface area contributed by atoms with Crippen molar-refractivity contribution in [2.75, 3.05) is 11.9 Å². The molecule has 1 aromatic carbocycles. The summed E-state index contributed by atoms with van der Waals surface area (Å²) in [7, 11) is 1.50. The van der Waals surface area contributed by atoms with Gasteiger partial charge in [-0.05, 0) is 24.3 Å². The van der Waals surface area contributed by atoms with Crippen LogP contribution in [0.2, 0.25) is 0 Å². The van der Waals surface area contributed by atoms with E-state index in [2.05, 4.69) is 0 Å². The first-order chi connectivity index (χ1) is 6.82. The smallest absolute Gasteiger partial charge is 0.370 e. The zero-order valence-corrected chi connectivity index (χ0v) is 7.97. The number of hydrogen-bond acceptors (Lipinski definition) is 1. The van der Waals surface area contributed by atoms with Gasteiger partial charge in [0.1, 0.15) is 0 Å². The zero-order valence-electron chi connectivity index (χ0n) is 7.97. The summed E-state index contributed by atoms with van der Waals surface area (Å²) < 4.78 is 36.6. The highest BCUT2D eigenvalue weighted by molar-refractivity contribution is 5.91. The molecule has 0 atom stereocenters. The molecule has 82 valence electrons. The largest absolute Gasteiger partial charge is 0.416 e. The molecule has 6 heteroatoms. The number of rotatable bonds is 1. The first kappa shape index (κ1) is 11.4. The van der Waals surface area contributed by atoms with Gasteiger partial charge in [-0.3, -0.25) is 5.41 Å². The Morgan fingerprint density at radius 1 is 1.27 bits per heavy atom. The first-order valence-electron chi connectivity index (χ1n) is 4.07. The number of nitrogens with one attached hydrogen (secondary N) is 1. The number of halogens is 3. The van der Waals surface area contributed by atoms with E-state index in [0.717, 1.165) is 12.1 Å². The van der Waals surface area contributed by atoms with Gasteiger partial charge in [-0.2, -0.15) is 13.2 Å². The second kappa shape index (κ2) is 3.80. The van der Waals surface area contributed by atoms with Gasteiger partial charge in [0.15, 0.2) is 5.96 Å². The maximum atomic E-state index is 12.2. The lowest BCUT2D eigenvalue weighted by atomic mass is 10.2. The Bertz CT molecular complexity index is 356. The molecule has 0 amide bonds. The number of hydrogen-bond donors (Lipinski definition) is 2. The highest BCUT2D eigenvalue weighted by Crippen LogP contribution is 2.30. The minimum absolute atomic E-state index is 0.227. The summed E-state index contributed by atoms with van der Waals surface area (Å²) in [6.45, 7) is 0. The van der Waals surface area contributed by atoms with Crippen molar-refractivity contribution in [1.82, 2.24) is 0 Å². The second-order valence-corrected chi connectivity index (χ2v) is 2.99. The Labute approximate surface area is 84.8 Å². The number of alkyl halides is 3. The summed E-state index contributed by atoms with van der Waals surface area (Å²) >= 11 is 0. The van der Waals surface area contributed by atoms with Crippen LogP contribution in [0.5, 0.6) is 0 Å². The van der Waals surface area contributed by atoms with Crippen LogP contribution in [-0.2, 0) is 6.18 Å². The molecule has 3 nitrogen and oxygen atoms in total. The molecule has 0 heterocycles. The van der Waals surface area contributed by atoms with Crippen LogP contribution in [0.3, 0.4) is 0 Å². The van der Waals surface area contributed by atoms with E-state index in [9.17, 15) is 13.2 Å². The molecule has 0 saturated carbocycles. The number of guanidine groups is 1. The third-order valence-electron chi connectivity index (χ3n) is 1.94. The highest BCUT2D eigenvalue weighted by atomic mass is 19.4. The van der Waals surface area contributed by atoms with Gasteiger partial charge in [-0.15, -0.1) is 0 Å². The summed E-state index contributed by atoms with van der Waals surface area (Å²) in [6, 6.07) is 4.44. The Kier molecular flexibility index (Phi) is 2.88. The van der Waals surface area contributed by atoms with E-state index in [-0.39, 0.29) is 5.96 Å². The van der Waals surface area contributed by atoms with Crippen molar-refractivity contribution < 1.29 is 13.2 Å². The molecule has 0 unspecified atom stereocenters. The lowest BCUT2D eigenvalue weighted by Gasteiger charge is -2.17. The van der Waals surface area contributed by atoms with E-state index in [1.54, 1.807) is 0 Å². The van der Waals surface area contributed by atoms with Gasteiger partial charge >= 0.3 is 6.18 Å². The standard InChI is InChI=1S/C9H10F3N3/c1-15(8(13)14)7-4-2-6(3-5-7)9(10,11)12/h2-5H,1H3,(H3,13,14). The second-order valence-electron chi connectivity index (χ2n) is 2.99. The monoisotopic (exact) mass is 217 g/mol. The molecule has 0 aromatic heterocycles. The molecule has 1 rings (SSSR count). The SMILES string of the molecule is CN(C(=N)N)c1ccc(C(F)(F)F)cc1. The normalized spacial score (nSPS) is 11.2. The third kappa shape index (κ3) is 2.61. The van der Waals surface area contributed by atoms with Crippen molar-refractivity contribution >= 4 is 11.6 Å². The van der Waals surface area contributed by atoms with Crippen LogP contribution in [0, 0.1) is 5.41 Å². The fourth-order valence-electron chi connectivity index (χ4n) is 1.01. The van der Waals surface area contributed by atoms with Gasteiger partial charge in [0.05, 0.1) is 5.56 Å². The molecule has 1 aromatic rings. The Balaban J connectivity index is 2.95. The van der Waals surface area contributed by atoms with Crippen LogP contribution >= 0.6 is 0 Å². The van der Waals surface area contributed by atoms with Crippen molar-refractivity contribution in [3.8, 4) is 0 Å². The number of benzene rings is 1. The van der Waals surface area contributed by atoms with Crippen molar-refractivity contribution in [3.05, 3.63) is 29.8 Å². The van der Waals surface area contributed by atoms with E-state index in [1.165, 1.54) is 24.1 Å². The van der Waals surface area contributed by atoms with Crippen LogP contribution in [0.15, 0.2) is 24.3 Å². The summed E-state index contributed by atoms with van der Waals surface area (Å²) in [4.78, 5) is 1.28. The van der Waals surface area contributed by atoms with Crippen LogP contribution in [0.1, 0.15) is 5.56 Å². The minimum atomic E-state index is -4.34. The van der Waals surface area contributed by atoms with Crippen LogP contribution in [0.4, 0.5) is 18.9 Å². The van der Waals surface area contributed by atoms with Crippen LogP contribution < -0.4 is 10.6 Å². The maximum absolute atomic E-state index is 12.2.